The van der Waals surface area contributed by atoms with E-state index in [1.54, 1.807) is 0 Å². The van der Waals surface area contributed by atoms with Crippen molar-refractivity contribution < 1.29 is 4.74 Å². The standard InChI is InChI=1S/C15H23BrN2O/c1-3-5-17-11-15(4-6-19-12(15)2)8-13-7-14(16)10-18-9-13/h7,9-10,12,17H,3-6,8,11H2,1-2H3. The summed E-state index contributed by atoms with van der Waals surface area (Å²) in [5, 5.41) is 3.57. The van der Waals surface area contributed by atoms with Gasteiger partial charge in [-0.15, -0.1) is 0 Å². The molecule has 1 saturated heterocycles. The minimum Gasteiger partial charge on any atom is -0.378 e. The van der Waals surface area contributed by atoms with E-state index < -0.39 is 0 Å². The van der Waals surface area contributed by atoms with Gasteiger partial charge in [0.1, 0.15) is 0 Å². The lowest BCUT2D eigenvalue weighted by Crippen LogP contribution is -2.41. The fourth-order valence-corrected chi connectivity index (χ4v) is 3.23. The normalized spacial score (nSPS) is 26.8. The van der Waals surface area contributed by atoms with Crippen molar-refractivity contribution in [1.82, 2.24) is 10.3 Å². The Morgan fingerprint density at radius 2 is 2.37 bits per heavy atom. The van der Waals surface area contributed by atoms with E-state index in [-0.39, 0.29) is 5.41 Å². The van der Waals surface area contributed by atoms with E-state index in [1.165, 1.54) is 12.0 Å². The summed E-state index contributed by atoms with van der Waals surface area (Å²) >= 11 is 3.50. The first kappa shape index (κ1) is 14.9. The second-order valence-electron chi connectivity index (χ2n) is 5.49. The third-order valence-corrected chi connectivity index (χ3v) is 4.49. The third-order valence-electron chi connectivity index (χ3n) is 4.05. The maximum Gasteiger partial charge on any atom is 0.0619 e. The van der Waals surface area contributed by atoms with E-state index in [0.717, 1.165) is 37.0 Å². The van der Waals surface area contributed by atoms with E-state index in [2.05, 4.69) is 46.1 Å². The number of hydrogen-bond donors (Lipinski definition) is 1. The minimum atomic E-state index is 0.206. The Bertz CT molecular complexity index is 413. The zero-order valence-corrected chi connectivity index (χ0v) is 13.4. The van der Waals surface area contributed by atoms with E-state index in [4.69, 9.17) is 4.74 Å². The molecule has 2 rings (SSSR count). The summed E-state index contributed by atoms with van der Waals surface area (Å²) in [4.78, 5) is 4.27. The highest BCUT2D eigenvalue weighted by molar-refractivity contribution is 9.10. The molecule has 2 atom stereocenters. The molecule has 19 heavy (non-hydrogen) atoms. The molecule has 4 heteroatoms. The van der Waals surface area contributed by atoms with Gasteiger partial charge in [-0.05, 0) is 60.3 Å². The molecule has 0 bridgehead atoms. The SMILES string of the molecule is CCCNCC1(Cc2cncc(Br)c2)CCOC1C. The summed E-state index contributed by atoms with van der Waals surface area (Å²) in [5.41, 5.74) is 1.49. The largest absolute Gasteiger partial charge is 0.378 e. The van der Waals surface area contributed by atoms with Crippen molar-refractivity contribution in [3.63, 3.8) is 0 Å². The van der Waals surface area contributed by atoms with Gasteiger partial charge >= 0.3 is 0 Å². The van der Waals surface area contributed by atoms with Crippen LogP contribution in [0.2, 0.25) is 0 Å². The number of ether oxygens (including phenoxy) is 1. The van der Waals surface area contributed by atoms with Crippen molar-refractivity contribution in [3.05, 3.63) is 28.5 Å². The minimum absolute atomic E-state index is 0.206. The maximum absolute atomic E-state index is 5.83. The van der Waals surface area contributed by atoms with Gasteiger partial charge in [-0.25, -0.2) is 0 Å². The first-order valence-corrected chi connectivity index (χ1v) is 7.87. The summed E-state index contributed by atoms with van der Waals surface area (Å²) in [5.74, 6) is 0. The van der Waals surface area contributed by atoms with Crippen LogP contribution < -0.4 is 5.32 Å². The van der Waals surface area contributed by atoms with Gasteiger partial charge in [0.2, 0.25) is 0 Å². The zero-order valence-electron chi connectivity index (χ0n) is 11.8. The molecule has 1 N–H and O–H groups in total. The van der Waals surface area contributed by atoms with E-state index in [0.29, 0.717) is 6.10 Å². The van der Waals surface area contributed by atoms with E-state index >= 15 is 0 Å². The van der Waals surface area contributed by atoms with Crippen LogP contribution in [0.1, 0.15) is 32.3 Å². The van der Waals surface area contributed by atoms with Crippen molar-refractivity contribution in [3.8, 4) is 0 Å². The molecule has 0 aromatic carbocycles. The summed E-state index contributed by atoms with van der Waals surface area (Å²) in [6, 6.07) is 2.17. The Hall–Kier alpha value is -0.450. The Balaban J connectivity index is 2.09. The van der Waals surface area contributed by atoms with Gasteiger partial charge < -0.3 is 10.1 Å². The van der Waals surface area contributed by atoms with E-state index in [1.807, 2.05) is 12.4 Å². The van der Waals surface area contributed by atoms with Gasteiger partial charge in [0.25, 0.3) is 0 Å². The monoisotopic (exact) mass is 326 g/mol. The molecule has 0 amide bonds. The average Bonchev–Trinajstić information content (AvgIpc) is 2.71. The Kier molecular flexibility index (Phi) is 5.37. The van der Waals surface area contributed by atoms with Crippen molar-refractivity contribution in [2.75, 3.05) is 19.7 Å². The molecule has 0 spiro atoms. The van der Waals surface area contributed by atoms with Gasteiger partial charge in [0.05, 0.1) is 6.10 Å². The molecular formula is C15H23BrN2O. The highest BCUT2D eigenvalue weighted by Crippen LogP contribution is 2.38. The molecule has 2 unspecified atom stereocenters. The smallest absolute Gasteiger partial charge is 0.0619 e. The van der Waals surface area contributed by atoms with Crippen LogP contribution in [0.15, 0.2) is 22.9 Å². The predicted molar refractivity (Wildman–Crippen MR) is 81.3 cm³/mol. The van der Waals surface area contributed by atoms with Crippen molar-refractivity contribution in [2.24, 2.45) is 5.41 Å². The molecule has 1 fully saturated rings. The van der Waals surface area contributed by atoms with Crippen LogP contribution in [0.3, 0.4) is 0 Å². The number of rotatable bonds is 6. The van der Waals surface area contributed by atoms with Crippen LogP contribution in [0.25, 0.3) is 0 Å². The average molecular weight is 327 g/mol. The Labute approximate surface area is 124 Å². The number of hydrogen-bond acceptors (Lipinski definition) is 3. The molecule has 1 aromatic heterocycles. The van der Waals surface area contributed by atoms with Crippen molar-refractivity contribution in [2.45, 2.75) is 39.2 Å². The fraction of sp³-hybridized carbons (Fsp3) is 0.667. The summed E-state index contributed by atoms with van der Waals surface area (Å²) < 4.78 is 6.88. The number of nitrogens with one attached hydrogen (secondary N) is 1. The molecule has 2 heterocycles. The number of halogens is 1. The van der Waals surface area contributed by atoms with Gasteiger partial charge in [0.15, 0.2) is 0 Å². The fourth-order valence-electron chi connectivity index (χ4n) is 2.82. The highest BCUT2D eigenvalue weighted by atomic mass is 79.9. The first-order chi connectivity index (χ1) is 9.16. The van der Waals surface area contributed by atoms with E-state index in [9.17, 15) is 0 Å². The van der Waals surface area contributed by atoms with Crippen LogP contribution in [-0.4, -0.2) is 30.8 Å². The molecule has 1 aromatic rings. The Morgan fingerprint density at radius 3 is 3.00 bits per heavy atom. The van der Waals surface area contributed by atoms with Gasteiger partial charge in [0, 0.05) is 35.4 Å². The number of pyridine rings is 1. The predicted octanol–water partition coefficient (Wildman–Crippen LogP) is 3.18. The lowest BCUT2D eigenvalue weighted by Gasteiger charge is -2.32. The summed E-state index contributed by atoms with van der Waals surface area (Å²) in [7, 11) is 0. The molecule has 0 radical (unpaired) electrons. The molecular weight excluding hydrogens is 304 g/mol. The Morgan fingerprint density at radius 1 is 1.53 bits per heavy atom. The second kappa shape index (κ2) is 6.82. The molecule has 3 nitrogen and oxygen atoms in total. The molecule has 106 valence electrons. The first-order valence-electron chi connectivity index (χ1n) is 7.08. The quantitative estimate of drug-likeness (QED) is 0.815. The second-order valence-corrected chi connectivity index (χ2v) is 6.41. The van der Waals surface area contributed by atoms with Crippen molar-refractivity contribution >= 4 is 15.9 Å². The third kappa shape index (κ3) is 3.77. The summed E-state index contributed by atoms with van der Waals surface area (Å²) in [6.45, 7) is 7.37. The van der Waals surface area contributed by atoms with Crippen molar-refractivity contribution in [1.29, 1.82) is 0 Å². The van der Waals surface area contributed by atoms with Crippen LogP contribution in [0.4, 0.5) is 0 Å². The van der Waals surface area contributed by atoms with Crippen LogP contribution in [0, 0.1) is 5.41 Å². The summed E-state index contributed by atoms with van der Waals surface area (Å²) in [6.07, 6.45) is 7.42. The number of aromatic nitrogens is 1. The highest BCUT2D eigenvalue weighted by Gasteiger charge is 2.41. The van der Waals surface area contributed by atoms with Crippen LogP contribution in [-0.2, 0) is 11.2 Å². The van der Waals surface area contributed by atoms with Gasteiger partial charge in [-0.3, -0.25) is 4.98 Å². The molecule has 0 aliphatic carbocycles. The number of nitrogens with zero attached hydrogens (tertiary/aromatic N) is 1. The van der Waals surface area contributed by atoms with Gasteiger partial charge in [-0.1, -0.05) is 6.92 Å². The molecule has 1 aliphatic rings. The van der Waals surface area contributed by atoms with Crippen LogP contribution >= 0.6 is 15.9 Å². The molecule has 0 saturated carbocycles. The lowest BCUT2D eigenvalue weighted by molar-refractivity contribution is 0.0630. The zero-order chi connectivity index (χ0) is 13.7. The maximum atomic E-state index is 5.83. The van der Waals surface area contributed by atoms with Gasteiger partial charge in [-0.2, -0.15) is 0 Å². The molecule has 1 aliphatic heterocycles. The topological polar surface area (TPSA) is 34.2 Å². The van der Waals surface area contributed by atoms with Crippen LogP contribution in [0.5, 0.6) is 0 Å². The lowest BCUT2D eigenvalue weighted by atomic mass is 9.76.